The van der Waals surface area contributed by atoms with Crippen LogP contribution in [0.4, 0.5) is 5.69 Å². The molecular weight excluding hydrogens is 236 g/mol. The first-order valence-electron chi connectivity index (χ1n) is 5.57. The van der Waals surface area contributed by atoms with Crippen LogP contribution in [0.2, 0.25) is 0 Å². The summed E-state index contributed by atoms with van der Waals surface area (Å²) in [4.78, 5) is 11.7. The largest absolute Gasteiger partial charge is 0.398 e. The predicted molar refractivity (Wildman–Crippen MR) is 72.2 cm³/mol. The lowest BCUT2D eigenvalue weighted by Crippen LogP contribution is -2.26. The molecule has 94 valence electrons. The molecule has 4 N–H and O–H groups in total. The average Bonchev–Trinajstić information content (AvgIpc) is 2.34. The fourth-order valence-corrected chi connectivity index (χ4v) is 2.09. The zero-order chi connectivity index (χ0) is 12.5. The molecule has 1 rings (SSSR count). The Labute approximate surface area is 106 Å². The number of hydrogen-bond donors (Lipinski definition) is 3. The Morgan fingerprint density at radius 2 is 2.12 bits per heavy atom. The lowest BCUT2D eigenvalue weighted by Gasteiger charge is -2.06. The molecule has 5 heteroatoms. The van der Waals surface area contributed by atoms with Crippen molar-refractivity contribution < 1.29 is 9.90 Å². The van der Waals surface area contributed by atoms with Gasteiger partial charge in [-0.1, -0.05) is 12.1 Å². The van der Waals surface area contributed by atoms with Crippen molar-refractivity contribution in [2.24, 2.45) is 0 Å². The second kappa shape index (κ2) is 7.97. The van der Waals surface area contributed by atoms with Gasteiger partial charge in [0.25, 0.3) is 5.91 Å². The number of anilines is 1. The molecule has 0 saturated carbocycles. The molecule has 0 unspecified atom stereocenters. The van der Waals surface area contributed by atoms with Gasteiger partial charge in [-0.25, -0.2) is 0 Å². The molecule has 1 amide bonds. The third-order valence-corrected chi connectivity index (χ3v) is 3.25. The Morgan fingerprint density at radius 3 is 2.82 bits per heavy atom. The van der Waals surface area contributed by atoms with E-state index < -0.39 is 0 Å². The van der Waals surface area contributed by atoms with Gasteiger partial charge in [0.15, 0.2) is 0 Å². The van der Waals surface area contributed by atoms with Gasteiger partial charge in [0.2, 0.25) is 0 Å². The molecule has 0 atom stereocenters. The van der Waals surface area contributed by atoms with Crippen molar-refractivity contribution in [1.29, 1.82) is 0 Å². The summed E-state index contributed by atoms with van der Waals surface area (Å²) in [5.74, 6) is 1.63. The standard InChI is InChI=1S/C12H18N2O2S/c13-11-5-2-1-4-10(11)12(16)14-6-9-17-8-3-7-15/h1-2,4-5,15H,3,6-9,13H2,(H,14,16). The van der Waals surface area contributed by atoms with Gasteiger partial charge in [0.05, 0.1) is 5.56 Å². The number of carbonyl (C=O) groups is 1. The molecule has 0 aliphatic carbocycles. The lowest BCUT2D eigenvalue weighted by molar-refractivity contribution is 0.0957. The van der Waals surface area contributed by atoms with Gasteiger partial charge in [-0.05, 0) is 24.3 Å². The number of para-hydroxylation sites is 1. The number of rotatable bonds is 7. The summed E-state index contributed by atoms with van der Waals surface area (Å²) in [6, 6.07) is 7.02. The van der Waals surface area contributed by atoms with Crippen molar-refractivity contribution in [2.75, 3.05) is 30.4 Å². The molecular formula is C12H18N2O2S. The molecule has 0 bridgehead atoms. The summed E-state index contributed by atoms with van der Waals surface area (Å²) in [5.41, 5.74) is 6.72. The maximum absolute atomic E-state index is 11.7. The second-order valence-corrected chi connectivity index (χ2v) is 4.76. The molecule has 1 aromatic rings. The van der Waals surface area contributed by atoms with Crippen LogP contribution >= 0.6 is 11.8 Å². The van der Waals surface area contributed by atoms with Gasteiger partial charge in [-0.2, -0.15) is 11.8 Å². The number of carbonyl (C=O) groups excluding carboxylic acids is 1. The SMILES string of the molecule is Nc1ccccc1C(=O)NCCSCCCO. The van der Waals surface area contributed by atoms with Crippen LogP contribution in [0.15, 0.2) is 24.3 Å². The first kappa shape index (κ1) is 13.9. The van der Waals surface area contributed by atoms with Crippen molar-refractivity contribution in [3.05, 3.63) is 29.8 Å². The Balaban J connectivity index is 2.24. The summed E-state index contributed by atoms with van der Waals surface area (Å²) in [7, 11) is 0. The molecule has 0 heterocycles. The highest BCUT2D eigenvalue weighted by molar-refractivity contribution is 7.99. The highest BCUT2D eigenvalue weighted by Crippen LogP contribution is 2.09. The van der Waals surface area contributed by atoms with Crippen LogP contribution in [-0.4, -0.2) is 35.7 Å². The van der Waals surface area contributed by atoms with E-state index in [1.165, 1.54) is 0 Å². The molecule has 17 heavy (non-hydrogen) atoms. The zero-order valence-electron chi connectivity index (χ0n) is 9.69. The Morgan fingerprint density at radius 1 is 1.35 bits per heavy atom. The van der Waals surface area contributed by atoms with E-state index in [0.29, 0.717) is 17.8 Å². The lowest BCUT2D eigenvalue weighted by atomic mass is 10.2. The summed E-state index contributed by atoms with van der Waals surface area (Å²) in [5, 5.41) is 11.4. The van der Waals surface area contributed by atoms with Crippen LogP contribution < -0.4 is 11.1 Å². The van der Waals surface area contributed by atoms with Gasteiger partial charge in [-0.3, -0.25) is 4.79 Å². The zero-order valence-corrected chi connectivity index (χ0v) is 10.5. The van der Waals surface area contributed by atoms with E-state index in [2.05, 4.69) is 5.32 Å². The number of aliphatic hydroxyl groups is 1. The summed E-state index contributed by atoms with van der Waals surface area (Å²) in [6.07, 6.45) is 0.796. The smallest absolute Gasteiger partial charge is 0.253 e. The molecule has 0 aliphatic rings. The Hall–Kier alpha value is -1.20. The topological polar surface area (TPSA) is 75.4 Å². The van der Waals surface area contributed by atoms with E-state index in [1.54, 1.807) is 36.0 Å². The summed E-state index contributed by atoms with van der Waals surface area (Å²) in [6.45, 7) is 0.836. The average molecular weight is 254 g/mol. The quantitative estimate of drug-likeness (QED) is 0.503. The minimum Gasteiger partial charge on any atom is -0.398 e. The van der Waals surface area contributed by atoms with Crippen LogP contribution in [0.3, 0.4) is 0 Å². The number of hydrogen-bond acceptors (Lipinski definition) is 4. The maximum Gasteiger partial charge on any atom is 0.253 e. The molecule has 4 nitrogen and oxygen atoms in total. The minimum absolute atomic E-state index is 0.133. The number of nitrogens with one attached hydrogen (secondary N) is 1. The maximum atomic E-state index is 11.7. The number of benzene rings is 1. The molecule has 0 saturated heterocycles. The molecule has 0 spiro atoms. The molecule has 0 aliphatic heterocycles. The predicted octanol–water partition coefficient (Wildman–Crippen LogP) is 1.11. The van der Waals surface area contributed by atoms with E-state index in [1.807, 2.05) is 0 Å². The van der Waals surface area contributed by atoms with Crippen molar-refractivity contribution in [3.8, 4) is 0 Å². The van der Waals surface area contributed by atoms with E-state index in [9.17, 15) is 4.79 Å². The van der Waals surface area contributed by atoms with Gasteiger partial charge in [0, 0.05) is 24.6 Å². The van der Waals surface area contributed by atoms with E-state index in [0.717, 1.165) is 17.9 Å². The molecule has 0 radical (unpaired) electrons. The molecule has 0 fully saturated rings. The van der Waals surface area contributed by atoms with Crippen molar-refractivity contribution in [1.82, 2.24) is 5.32 Å². The minimum atomic E-state index is -0.133. The number of thioether (sulfide) groups is 1. The monoisotopic (exact) mass is 254 g/mol. The Bertz CT molecular complexity index is 358. The van der Waals surface area contributed by atoms with E-state index >= 15 is 0 Å². The third kappa shape index (κ3) is 5.10. The number of nitrogens with two attached hydrogens (primary N) is 1. The first-order chi connectivity index (χ1) is 8.25. The van der Waals surface area contributed by atoms with Gasteiger partial charge in [-0.15, -0.1) is 0 Å². The van der Waals surface area contributed by atoms with Crippen LogP contribution in [0.25, 0.3) is 0 Å². The van der Waals surface area contributed by atoms with Gasteiger partial charge < -0.3 is 16.2 Å². The van der Waals surface area contributed by atoms with Crippen LogP contribution in [0.1, 0.15) is 16.8 Å². The fourth-order valence-electron chi connectivity index (χ4n) is 1.30. The second-order valence-electron chi connectivity index (χ2n) is 3.53. The van der Waals surface area contributed by atoms with E-state index in [-0.39, 0.29) is 12.5 Å². The van der Waals surface area contributed by atoms with Crippen LogP contribution in [0, 0.1) is 0 Å². The highest BCUT2D eigenvalue weighted by atomic mass is 32.2. The van der Waals surface area contributed by atoms with Crippen LogP contribution in [-0.2, 0) is 0 Å². The summed E-state index contributed by atoms with van der Waals surface area (Å²) < 4.78 is 0. The summed E-state index contributed by atoms with van der Waals surface area (Å²) >= 11 is 1.71. The van der Waals surface area contributed by atoms with Crippen molar-refractivity contribution in [2.45, 2.75) is 6.42 Å². The van der Waals surface area contributed by atoms with Crippen LogP contribution in [0.5, 0.6) is 0 Å². The third-order valence-electron chi connectivity index (χ3n) is 2.18. The molecule has 0 aromatic heterocycles. The van der Waals surface area contributed by atoms with E-state index in [4.69, 9.17) is 10.8 Å². The molecule has 1 aromatic carbocycles. The van der Waals surface area contributed by atoms with Crippen molar-refractivity contribution in [3.63, 3.8) is 0 Å². The number of amides is 1. The first-order valence-corrected chi connectivity index (χ1v) is 6.72. The number of nitrogen functional groups attached to an aromatic ring is 1. The van der Waals surface area contributed by atoms with Gasteiger partial charge >= 0.3 is 0 Å². The number of aliphatic hydroxyl groups excluding tert-OH is 1. The normalized spacial score (nSPS) is 10.2. The Kier molecular flexibility index (Phi) is 6.50. The van der Waals surface area contributed by atoms with Gasteiger partial charge in [0.1, 0.15) is 0 Å². The fraction of sp³-hybridized carbons (Fsp3) is 0.417. The highest BCUT2D eigenvalue weighted by Gasteiger charge is 2.07. The van der Waals surface area contributed by atoms with Crippen molar-refractivity contribution >= 4 is 23.4 Å².